The van der Waals surface area contributed by atoms with E-state index in [-0.39, 0.29) is 17.8 Å². The van der Waals surface area contributed by atoms with Crippen LogP contribution in [-0.2, 0) is 0 Å². The molecular formula is C25H30ClN3O3. The van der Waals surface area contributed by atoms with Gasteiger partial charge in [-0.2, -0.15) is 0 Å². The summed E-state index contributed by atoms with van der Waals surface area (Å²) in [6, 6.07) is 15.4. The molecule has 4 rings (SSSR count). The van der Waals surface area contributed by atoms with Crippen LogP contribution in [0.5, 0.6) is 11.5 Å². The molecule has 7 heteroatoms. The normalized spacial score (nSPS) is 18.6. The van der Waals surface area contributed by atoms with Gasteiger partial charge in [0.15, 0.2) is 0 Å². The molecule has 3 aromatic rings. The fourth-order valence-corrected chi connectivity index (χ4v) is 4.27. The molecule has 0 amide bonds. The molecule has 1 saturated carbocycles. The van der Waals surface area contributed by atoms with Crippen molar-refractivity contribution in [1.82, 2.24) is 14.0 Å². The largest absolute Gasteiger partial charge is 0.492 e. The van der Waals surface area contributed by atoms with Gasteiger partial charge in [-0.25, -0.2) is 4.79 Å². The minimum atomic E-state index is -0.00881. The van der Waals surface area contributed by atoms with Gasteiger partial charge >= 0.3 is 5.69 Å². The molecule has 1 aromatic heterocycles. The Morgan fingerprint density at radius 1 is 1.00 bits per heavy atom. The average Bonchev–Trinajstić information content (AvgIpc) is 3.16. The second kappa shape index (κ2) is 10.3. The van der Waals surface area contributed by atoms with Gasteiger partial charge in [-0.3, -0.25) is 9.13 Å². The van der Waals surface area contributed by atoms with E-state index in [1.165, 1.54) is 0 Å². The third-order valence-corrected chi connectivity index (χ3v) is 6.10. The summed E-state index contributed by atoms with van der Waals surface area (Å²) < 4.78 is 15.4. The smallest absolute Gasteiger partial charge is 0.332 e. The predicted molar refractivity (Wildman–Crippen MR) is 127 cm³/mol. The molecule has 6 nitrogen and oxygen atoms in total. The van der Waals surface area contributed by atoms with E-state index < -0.39 is 0 Å². The van der Waals surface area contributed by atoms with E-state index in [0.717, 1.165) is 49.4 Å². The van der Waals surface area contributed by atoms with Crippen LogP contribution in [0, 0.1) is 0 Å². The van der Waals surface area contributed by atoms with Crippen LogP contribution < -0.4 is 15.2 Å². The standard InChI is InChI=1S/C25H30ClN3O3/c1-27(2)16-17-31-22-10-6-20(7-11-22)28-14-15-29(25(28)30)21-8-12-23(13-9-21)32-24-5-3-4-19(26)18-24/h3-7,10-11,14-15,18,21,23H,8-9,12-13,16-17H2,1-2H3. The second-order valence-electron chi connectivity index (χ2n) is 8.51. The van der Waals surface area contributed by atoms with Crippen LogP contribution >= 0.6 is 11.6 Å². The maximum Gasteiger partial charge on any atom is 0.332 e. The first-order chi connectivity index (χ1) is 15.5. The zero-order valence-electron chi connectivity index (χ0n) is 18.6. The lowest BCUT2D eigenvalue weighted by atomic mass is 9.93. The number of halogens is 1. The van der Waals surface area contributed by atoms with Crippen LogP contribution in [-0.4, -0.2) is 47.4 Å². The number of hydrogen-bond acceptors (Lipinski definition) is 4. The molecule has 0 saturated heterocycles. The number of imidazole rings is 1. The zero-order valence-corrected chi connectivity index (χ0v) is 19.4. The number of hydrogen-bond donors (Lipinski definition) is 0. The molecule has 0 unspecified atom stereocenters. The SMILES string of the molecule is CN(C)CCOc1ccc(-n2ccn(C3CCC(Oc4cccc(Cl)c4)CC3)c2=O)cc1. The van der Waals surface area contributed by atoms with Crippen molar-refractivity contribution in [3.8, 4) is 17.2 Å². The fourth-order valence-electron chi connectivity index (χ4n) is 4.09. The molecule has 0 radical (unpaired) electrons. The molecule has 0 atom stereocenters. The summed E-state index contributed by atoms with van der Waals surface area (Å²) in [5.41, 5.74) is 0.831. The number of aromatic nitrogens is 2. The quantitative estimate of drug-likeness (QED) is 0.489. The Bertz CT molecular complexity index is 1070. The first-order valence-corrected chi connectivity index (χ1v) is 11.5. The van der Waals surface area contributed by atoms with Gasteiger partial charge in [0.2, 0.25) is 0 Å². The van der Waals surface area contributed by atoms with Gasteiger partial charge in [0.1, 0.15) is 18.1 Å². The van der Waals surface area contributed by atoms with Crippen molar-refractivity contribution in [3.63, 3.8) is 0 Å². The number of likely N-dealkylation sites (N-methyl/N-ethyl adjacent to an activating group) is 1. The molecule has 0 spiro atoms. The molecule has 32 heavy (non-hydrogen) atoms. The van der Waals surface area contributed by atoms with Crippen molar-refractivity contribution < 1.29 is 9.47 Å². The van der Waals surface area contributed by atoms with E-state index in [1.807, 2.05) is 79.6 Å². The summed E-state index contributed by atoms with van der Waals surface area (Å²) in [5, 5.41) is 0.678. The summed E-state index contributed by atoms with van der Waals surface area (Å²) in [6.45, 7) is 1.49. The second-order valence-corrected chi connectivity index (χ2v) is 8.95. The predicted octanol–water partition coefficient (Wildman–Crippen LogP) is 4.80. The lowest BCUT2D eigenvalue weighted by Gasteiger charge is -2.29. The molecule has 0 N–H and O–H groups in total. The Hall–Kier alpha value is -2.70. The first kappa shape index (κ1) is 22.5. The van der Waals surface area contributed by atoms with Gasteiger partial charge in [-0.05, 0) is 82.2 Å². The third-order valence-electron chi connectivity index (χ3n) is 5.86. The monoisotopic (exact) mass is 455 g/mol. The highest BCUT2D eigenvalue weighted by atomic mass is 35.5. The van der Waals surface area contributed by atoms with Crippen LogP contribution in [0.1, 0.15) is 31.7 Å². The minimum Gasteiger partial charge on any atom is -0.492 e. The van der Waals surface area contributed by atoms with Crippen LogP contribution in [0.2, 0.25) is 5.02 Å². The molecular weight excluding hydrogens is 426 g/mol. The summed E-state index contributed by atoms with van der Waals surface area (Å²) in [7, 11) is 4.03. The third kappa shape index (κ3) is 5.56. The van der Waals surface area contributed by atoms with Gasteiger partial charge in [0.25, 0.3) is 0 Å². The maximum atomic E-state index is 13.1. The lowest BCUT2D eigenvalue weighted by molar-refractivity contribution is 0.132. The summed E-state index contributed by atoms with van der Waals surface area (Å²) >= 11 is 6.05. The van der Waals surface area contributed by atoms with Crippen molar-refractivity contribution in [3.05, 3.63) is 76.4 Å². The maximum absolute atomic E-state index is 13.1. The van der Waals surface area contributed by atoms with E-state index in [1.54, 1.807) is 4.57 Å². The van der Waals surface area contributed by atoms with Crippen LogP contribution in [0.25, 0.3) is 5.69 Å². The highest BCUT2D eigenvalue weighted by Gasteiger charge is 2.25. The fraction of sp³-hybridized carbons (Fsp3) is 0.400. The highest BCUT2D eigenvalue weighted by Crippen LogP contribution is 2.31. The van der Waals surface area contributed by atoms with Gasteiger partial charge in [0, 0.05) is 30.0 Å². The van der Waals surface area contributed by atoms with Crippen molar-refractivity contribution >= 4 is 11.6 Å². The number of ether oxygens (including phenoxy) is 2. The molecule has 1 aliphatic rings. The van der Waals surface area contributed by atoms with E-state index in [9.17, 15) is 4.79 Å². The van der Waals surface area contributed by atoms with E-state index in [0.29, 0.717) is 11.6 Å². The van der Waals surface area contributed by atoms with Crippen molar-refractivity contribution in [2.45, 2.75) is 37.8 Å². The van der Waals surface area contributed by atoms with E-state index >= 15 is 0 Å². The Labute approximate surface area is 193 Å². The zero-order chi connectivity index (χ0) is 22.5. The number of rotatable bonds is 8. The molecule has 1 heterocycles. The number of benzene rings is 2. The summed E-state index contributed by atoms with van der Waals surface area (Å²) in [4.78, 5) is 15.1. The van der Waals surface area contributed by atoms with Crippen molar-refractivity contribution in [1.29, 1.82) is 0 Å². The van der Waals surface area contributed by atoms with Crippen LogP contribution in [0.3, 0.4) is 0 Å². The highest BCUT2D eigenvalue weighted by molar-refractivity contribution is 6.30. The molecule has 1 fully saturated rings. The average molecular weight is 456 g/mol. The topological polar surface area (TPSA) is 48.6 Å². The first-order valence-electron chi connectivity index (χ1n) is 11.1. The van der Waals surface area contributed by atoms with Gasteiger partial charge in [-0.15, -0.1) is 0 Å². The Morgan fingerprint density at radius 2 is 1.75 bits per heavy atom. The molecule has 170 valence electrons. The van der Waals surface area contributed by atoms with Gasteiger partial charge in [0.05, 0.1) is 11.8 Å². The van der Waals surface area contributed by atoms with Crippen molar-refractivity contribution in [2.75, 3.05) is 27.2 Å². The van der Waals surface area contributed by atoms with E-state index in [2.05, 4.69) is 4.90 Å². The Kier molecular flexibility index (Phi) is 7.22. The summed E-state index contributed by atoms with van der Waals surface area (Å²) in [6.07, 6.45) is 7.54. The lowest BCUT2D eigenvalue weighted by Crippen LogP contribution is -2.31. The Balaban J connectivity index is 1.35. The van der Waals surface area contributed by atoms with Crippen LogP contribution in [0.4, 0.5) is 0 Å². The van der Waals surface area contributed by atoms with Crippen LogP contribution in [0.15, 0.2) is 65.7 Å². The van der Waals surface area contributed by atoms with Gasteiger partial charge in [-0.1, -0.05) is 17.7 Å². The Morgan fingerprint density at radius 3 is 2.44 bits per heavy atom. The minimum absolute atomic E-state index is 0.00881. The van der Waals surface area contributed by atoms with Gasteiger partial charge < -0.3 is 14.4 Å². The molecule has 0 bridgehead atoms. The molecule has 0 aliphatic heterocycles. The van der Waals surface area contributed by atoms with E-state index in [4.69, 9.17) is 21.1 Å². The molecule has 2 aromatic carbocycles. The molecule has 1 aliphatic carbocycles. The van der Waals surface area contributed by atoms with Crippen molar-refractivity contribution in [2.24, 2.45) is 0 Å². The summed E-state index contributed by atoms with van der Waals surface area (Å²) in [5.74, 6) is 1.61. The number of nitrogens with zero attached hydrogens (tertiary/aromatic N) is 3.